The summed E-state index contributed by atoms with van der Waals surface area (Å²) in [4.78, 5) is 14.0. The summed E-state index contributed by atoms with van der Waals surface area (Å²) in [5, 5.41) is 10.00. The first-order chi connectivity index (χ1) is 10.0. The number of anilines is 1. The molecule has 5 heteroatoms. The van der Waals surface area contributed by atoms with Crippen molar-refractivity contribution < 1.29 is 4.79 Å². The van der Waals surface area contributed by atoms with Crippen LogP contribution in [0.2, 0.25) is 0 Å². The Labute approximate surface area is 129 Å². The molecule has 0 radical (unpaired) electrons. The van der Waals surface area contributed by atoms with Crippen LogP contribution in [0.5, 0.6) is 0 Å². The van der Waals surface area contributed by atoms with Crippen molar-refractivity contribution in [1.29, 1.82) is 0 Å². The Hall–Kier alpha value is -1.75. The van der Waals surface area contributed by atoms with Crippen molar-refractivity contribution >= 4 is 22.4 Å². The average Bonchev–Trinajstić information content (AvgIpc) is 2.88. The van der Waals surface area contributed by atoms with Gasteiger partial charge in [-0.1, -0.05) is 42.0 Å². The number of hydrogen-bond donors (Lipinski definition) is 0. The molecule has 1 aromatic carbocycles. The van der Waals surface area contributed by atoms with Gasteiger partial charge < -0.3 is 0 Å². The van der Waals surface area contributed by atoms with E-state index in [1.165, 1.54) is 16.9 Å². The Balaban J connectivity index is 2.30. The predicted molar refractivity (Wildman–Crippen MR) is 87.6 cm³/mol. The van der Waals surface area contributed by atoms with Gasteiger partial charge in [-0.3, -0.25) is 9.69 Å². The van der Waals surface area contributed by atoms with E-state index in [2.05, 4.69) is 29.3 Å². The van der Waals surface area contributed by atoms with Crippen LogP contribution in [0.15, 0.2) is 24.3 Å². The number of carbonyl (C=O) groups is 1. The van der Waals surface area contributed by atoms with Gasteiger partial charge in [-0.05, 0) is 33.3 Å². The molecule has 0 saturated carbocycles. The van der Waals surface area contributed by atoms with E-state index < -0.39 is 0 Å². The van der Waals surface area contributed by atoms with Gasteiger partial charge in [0.1, 0.15) is 5.01 Å². The summed E-state index contributed by atoms with van der Waals surface area (Å²) in [6.45, 7) is 8.06. The van der Waals surface area contributed by atoms with Crippen molar-refractivity contribution in [2.45, 2.75) is 46.6 Å². The smallest absolute Gasteiger partial charge is 0.229 e. The third-order valence-corrected chi connectivity index (χ3v) is 4.11. The zero-order valence-electron chi connectivity index (χ0n) is 13.0. The summed E-state index contributed by atoms with van der Waals surface area (Å²) in [5.41, 5.74) is 2.23. The molecule has 4 nitrogen and oxygen atoms in total. The molecule has 21 heavy (non-hydrogen) atoms. The van der Waals surface area contributed by atoms with Gasteiger partial charge in [0.2, 0.25) is 11.0 Å². The Morgan fingerprint density at radius 2 is 2.10 bits per heavy atom. The summed E-state index contributed by atoms with van der Waals surface area (Å²) >= 11 is 1.47. The van der Waals surface area contributed by atoms with E-state index in [1.54, 1.807) is 4.90 Å². The SMILES string of the molecule is CCCC(=O)N(c1nnc(-c2cccc(C)c2)s1)C(C)C. The molecule has 0 atom stereocenters. The molecule has 0 unspecified atom stereocenters. The van der Waals surface area contributed by atoms with Crippen molar-refractivity contribution in [3.63, 3.8) is 0 Å². The molecule has 0 bridgehead atoms. The standard InChI is InChI=1S/C16H21N3OS/c1-5-7-14(20)19(11(2)3)16-18-17-15(21-16)13-9-6-8-12(4)10-13/h6,8-11H,5,7H2,1-4H3. The van der Waals surface area contributed by atoms with Crippen molar-refractivity contribution in [1.82, 2.24) is 10.2 Å². The minimum atomic E-state index is 0.0855. The molecular weight excluding hydrogens is 282 g/mol. The van der Waals surface area contributed by atoms with Crippen LogP contribution in [-0.2, 0) is 4.79 Å². The molecule has 0 spiro atoms. The zero-order chi connectivity index (χ0) is 15.4. The fourth-order valence-corrected chi connectivity index (χ4v) is 3.15. The van der Waals surface area contributed by atoms with Crippen LogP contribution in [0.3, 0.4) is 0 Å². The maximum absolute atomic E-state index is 12.2. The highest BCUT2D eigenvalue weighted by Crippen LogP contribution is 2.30. The highest BCUT2D eigenvalue weighted by molar-refractivity contribution is 7.18. The third kappa shape index (κ3) is 3.67. The Bertz CT molecular complexity index is 621. The first-order valence-electron chi connectivity index (χ1n) is 7.25. The third-order valence-electron chi connectivity index (χ3n) is 3.13. The molecule has 2 aromatic rings. The highest BCUT2D eigenvalue weighted by atomic mass is 32.1. The maximum Gasteiger partial charge on any atom is 0.229 e. The van der Waals surface area contributed by atoms with Gasteiger partial charge in [-0.25, -0.2) is 0 Å². The number of nitrogens with zero attached hydrogens (tertiary/aromatic N) is 3. The van der Waals surface area contributed by atoms with Crippen molar-refractivity contribution in [2.24, 2.45) is 0 Å². The fourth-order valence-electron chi connectivity index (χ4n) is 2.16. The quantitative estimate of drug-likeness (QED) is 0.837. The van der Waals surface area contributed by atoms with Crippen molar-refractivity contribution in [3.05, 3.63) is 29.8 Å². The van der Waals surface area contributed by atoms with Crippen molar-refractivity contribution in [3.8, 4) is 10.6 Å². The molecule has 2 rings (SSSR count). The van der Waals surface area contributed by atoms with E-state index in [0.717, 1.165) is 17.0 Å². The number of carbonyl (C=O) groups excluding carboxylic acids is 1. The number of rotatable bonds is 5. The summed E-state index contributed by atoms with van der Waals surface area (Å²) < 4.78 is 0. The second-order valence-electron chi connectivity index (χ2n) is 5.37. The molecule has 1 heterocycles. The normalized spacial score (nSPS) is 10.9. The fraction of sp³-hybridized carbons (Fsp3) is 0.438. The van der Waals surface area contributed by atoms with Gasteiger partial charge in [0, 0.05) is 18.0 Å². The van der Waals surface area contributed by atoms with Crippen LogP contribution in [0.1, 0.15) is 39.2 Å². The van der Waals surface area contributed by atoms with Crippen LogP contribution in [-0.4, -0.2) is 22.1 Å². The minimum absolute atomic E-state index is 0.0855. The van der Waals surface area contributed by atoms with Gasteiger partial charge in [-0.15, -0.1) is 10.2 Å². The lowest BCUT2D eigenvalue weighted by molar-refractivity contribution is -0.119. The summed E-state index contributed by atoms with van der Waals surface area (Å²) in [6, 6.07) is 8.25. The summed E-state index contributed by atoms with van der Waals surface area (Å²) in [6.07, 6.45) is 1.38. The number of benzene rings is 1. The second kappa shape index (κ2) is 6.80. The monoisotopic (exact) mass is 303 g/mol. The van der Waals surface area contributed by atoms with E-state index in [1.807, 2.05) is 32.9 Å². The summed E-state index contributed by atoms with van der Waals surface area (Å²) in [7, 11) is 0. The molecule has 0 N–H and O–H groups in total. The summed E-state index contributed by atoms with van der Waals surface area (Å²) in [5.74, 6) is 0.111. The lowest BCUT2D eigenvalue weighted by atomic mass is 10.1. The van der Waals surface area contributed by atoms with Crippen molar-refractivity contribution in [2.75, 3.05) is 4.90 Å². The van der Waals surface area contributed by atoms with Crippen LogP contribution in [0.4, 0.5) is 5.13 Å². The molecule has 0 aliphatic rings. The minimum Gasteiger partial charge on any atom is -0.284 e. The van der Waals surface area contributed by atoms with Gasteiger partial charge in [0.25, 0.3) is 0 Å². The lowest BCUT2D eigenvalue weighted by Crippen LogP contribution is -2.36. The first kappa shape index (κ1) is 15.6. The van der Waals surface area contributed by atoms with E-state index in [4.69, 9.17) is 0 Å². The molecule has 0 saturated heterocycles. The molecule has 0 aliphatic heterocycles. The van der Waals surface area contributed by atoms with E-state index in [-0.39, 0.29) is 11.9 Å². The largest absolute Gasteiger partial charge is 0.284 e. The molecule has 0 aliphatic carbocycles. The highest BCUT2D eigenvalue weighted by Gasteiger charge is 2.22. The molecular formula is C16H21N3OS. The van der Waals surface area contributed by atoms with Crippen LogP contribution in [0, 0.1) is 6.92 Å². The topological polar surface area (TPSA) is 46.1 Å². The van der Waals surface area contributed by atoms with Gasteiger partial charge in [0.05, 0.1) is 0 Å². The molecule has 1 amide bonds. The van der Waals surface area contributed by atoms with Gasteiger partial charge in [0.15, 0.2) is 0 Å². The van der Waals surface area contributed by atoms with Crippen LogP contribution >= 0.6 is 11.3 Å². The lowest BCUT2D eigenvalue weighted by Gasteiger charge is -2.23. The molecule has 1 aromatic heterocycles. The first-order valence-corrected chi connectivity index (χ1v) is 8.07. The maximum atomic E-state index is 12.2. The van der Waals surface area contributed by atoms with Crippen LogP contribution in [0.25, 0.3) is 10.6 Å². The zero-order valence-corrected chi connectivity index (χ0v) is 13.8. The second-order valence-corrected chi connectivity index (χ2v) is 6.32. The number of aromatic nitrogens is 2. The van der Waals surface area contributed by atoms with E-state index >= 15 is 0 Å². The average molecular weight is 303 g/mol. The number of amides is 1. The number of aryl methyl sites for hydroxylation is 1. The predicted octanol–water partition coefficient (Wildman–Crippen LogP) is 4.06. The van der Waals surface area contributed by atoms with Crippen LogP contribution < -0.4 is 4.90 Å². The van der Waals surface area contributed by atoms with Gasteiger partial charge in [-0.2, -0.15) is 0 Å². The van der Waals surface area contributed by atoms with E-state index in [9.17, 15) is 4.79 Å². The molecule has 0 fully saturated rings. The van der Waals surface area contributed by atoms with Gasteiger partial charge >= 0.3 is 0 Å². The Kier molecular flexibility index (Phi) is 5.07. The van der Waals surface area contributed by atoms with E-state index in [0.29, 0.717) is 11.6 Å². The Morgan fingerprint density at radius 3 is 2.71 bits per heavy atom. The molecule has 112 valence electrons. The number of hydrogen-bond acceptors (Lipinski definition) is 4. The Morgan fingerprint density at radius 1 is 1.33 bits per heavy atom.